The third-order valence-corrected chi connectivity index (χ3v) is 3.63. The maximum Gasteiger partial charge on any atom is 0.330 e. The minimum Gasteiger partial charge on any atom is -0.488 e. The molecular formula is C20H18O3. The molecule has 3 heteroatoms. The highest BCUT2D eigenvalue weighted by molar-refractivity contribution is 5.89. The van der Waals surface area contributed by atoms with E-state index < -0.39 is 0 Å². The van der Waals surface area contributed by atoms with Crippen molar-refractivity contribution in [3.63, 3.8) is 0 Å². The molecule has 0 spiro atoms. The van der Waals surface area contributed by atoms with Gasteiger partial charge in [-0.05, 0) is 35.8 Å². The number of rotatable bonds is 4. The van der Waals surface area contributed by atoms with E-state index in [1.807, 2.05) is 42.5 Å². The van der Waals surface area contributed by atoms with Gasteiger partial charge in [-0.1, -0.05) is 48.5 Å². The molecule has 1 aliphatic heterocycles. The van der Waals surface area contributed by atoms with Crippen LogP contribution in [0.25, 0.3) is 5.57 Å². The Kier molecular flexibility index (Phi) is 4.57. The van der Waals surface area contributed by atoms with Gasteiger partial charge in [0.1, 0.15) is 12.4 Å². The van der Waals surface area contributed by atoms with Gasteiger partial charge >= 0.3 is 5.97 Å². The van der Waals surface area contributed by atoms with Crippen LogP contribution < -0.4 is 4.74 Å². The van der Waals surface area contributed by atoms with Gasteiger partial charge in [-0.2, -0.15) is 0 Å². The van der Waals surface area contributed by atoms with Crippen LogP contribution in [0.1, 0.15) is 18.1 Å². The highest BCUT2D eigenvalue weighted by atomic mass is 16.5. The summed E-state index contributed by atoms with van der Waals surface area (Å²) >= 11 is 0. The first-order chi connectivity index (χ1) is 11.3. The summed E-state index contributed by atoms with van der Waals surface area (Å²) < 4.78 is 10.8. The zero-order valence-corrected chi connectivity index (χ0v) is 13.0. The largest absolute Gasteiger partial charge is 0.488 e. The van der Waals surface area contributed by atoms with Gasteiger partial charge in [0.25, 0.3) is 0 Å². The summed E-state index contributed by atoms with van der Waals surface area (Å²) in [7, 11) is 0. The molecule has 0 saturated heterocycles. The van der Waals surface area contributed by atoms with Crippen molar-refractivity contribution < 1.29 is 14.3 Å². The van der Waals surface area contributed by atoms with E-state index in [1.54, 1.807) is 13.0 Å². The molecule has 2 aromatic rings. The van der Waals surface area contributed by atoms with Crippen LogP contribution in [0.3, 0.4) is 0 Å². The minimum atomic E-state index is -0.341. The molecule has 0 saturated carbocycles. The average Bonchev–Trinajstić information content (AvgIpc) is 2.60. The Morgan fingerprint density at radius 2 is 1.87 bits per heavy atom. The lowest BCUT2D eigenvalue weighted by atomic mass is 9.91. The van der Waals surface area contributed by atoms with Crippen LogP contribution in [-0.2, 0) is 9.53 Å². The van der Waals surface area contributed by atoms with Crippen molar-refractivity contribution in [3.8, 4) is 5.75 Å². The molecule has 23 heavy (non-hydrogen) atoms. The standard InChI is InChI=1S/C20H18O3/c1-2-22-19(21)13-12-16-14-23-18-11-7-6-10-17(18)20(16)15-8-4-3-5-9-15/h3-13H,2,14H2,1H3/b13-12+. The predicted octanol–water partition coefficient (Wildman–Crippen LogP) is 4.00. The molecule has 0 unspecified atom stereocenters. The van der Waals surface area contributed by atoms with Gasteiger partial charge in [0.2, 0.25) is 0 Å². The molecule has 0 bridgehead atoms. The third kappa shape index (κ3) is 3.34. The highest BCUT2D eigenvalue weighted by Crippen LogP contribution is 2.37. The van der Waals surface area contributed by atoms with Gasteiger partial charge in [0.05, 0.1) is 6.61 Å². The number of benzene rings is 2. The van der Waals surface area contributed by atoms with Crippen LogP contribution in [0, 0.1) is 0 Å². The lowest BCUT2D eigenvalue weighted by molar-refractivity contribution is -0.137. The van der Waals surface area contributed by atoms with E-state index >= 15 is 0 Å². The van der Waals surface area contributed by atoms with E-state index in [-0.39, 0.29) is 5.97 Å². The molecule has 0 N–H and O–H groups in total. The summed E-state index contributed by atoms with van der Waals surface area (Å²) in [5, 5.41) is 0. The van der Waals surface area contributed by atoms with E-state index in [4.69, 9.17) is 9.47 Å². The maximum atomic E-state index is 11.6. The van der Waals surface area contributed by atoms with E-state index in [0.717, 1.165) is 28.0 Å². The first-order valence-corrected chi connectivity index (χ1v) is 7.65. The van der Waals surface area contributed by atoms with E-state index in [1.165, 1.54) is 6.08 Å². The zero-order valence-electron chi connectivity index (χ0n) is 13.0. The van der Waals surface area contributed by atoms with Gasteiger partial charge in [0.15, 0.2) is 0 Å². The molecule has 0 aliphatic carbocycles. The zero-order chi connectivity index (χ0) is 16.1. The van der Waals surface area contributed by atoms with Gasteiger partial charge in [-0.3, -0.25) is 0 Å². The summed E-state index contributed by atoms with van der Waals surface area (Å²) in [4.78, 5) is 11.6. The maximum absolute atomic E-state index is 11.6. The highest BCUT2D eigenvalue weighted by Gasteiger charge is 2.19. The van der Waals surface area contributed by atoms with Gasteiger partial charge in [0, 0.05) is 11.6 Å². The third-order valence-electron chi connectivity index (χ3n) is 3.63. The molecular weight excluding hydrogens is 288 g/mol. The van der Waals surface area contributed by atoms with Crippen LogP contribution in [-0.4, -0.2) is 19.2 Å². The van der Waals surface area contributed by atoms with Crippen LogP contribution in [0.15, 0.2) is 72.3 Å². The van der Waals surface area contributed by atoms with Crippen molar-refractivity contribution >= 4 is 11.5 Å². The Labute approximate surface area is 135 Å². The van der Waals surface area contributed by atoms with Crippen molar-refractivity contribution in [1.82, 2.24) is 0 Å². The van der Waals surface area contributed by atoms with Crippen LogP contribution in [0.4, 0.5) is 0 Å². The smallest absolute Gasteiger partial charge is 0.330 e. The van der Waals surface area contributed by atoms with Crippen molar-refractivity contribution in [3.05, 3.63) is 83.4 Å². The second-order valence-corrected chi connectivity index (χ2v) is 5.14. The van der Waals surface area contributed by atoms with E-state index in [0.29, 0.717) is 13.2 Å². The molecule has 0 fully saturated rings. The Morgan fingerprint density at radius 3 is 2.65 bits per heavy atom. The number of hydrogen-bond donors (Lipinski definition) is 0. The van der Waals surface area contributed by atoms with Crippen molar-refractivity contribution in [2.45, 2.75) is 6.92 Å². The number of para-hydroxylation sites is 1. The molecule has 116 valence electrons. The first-order valence-electron chi connectivity index (χ1n) is 7.65. The molecule has 0 radical (unpaired) electrons. The lowest BCUT2D eigenvalue weighted by Gasteiger charge is -2.23. The summed E-state index contributed by atoms with van der Waals surface area (Å²) in [5.74, 6) is 0.519. The van der Waals surface area contributed by atoms with Gasteiger partial charge in [-0.25, -0.2) is 4.79 Å². The minimum absolute atomic E-state index is 0.341. The van der Waals surface area contributed by atoms with Gasteiger partial charge < -0.3 is 9.47 Å². The summed E-state index contributed by atoms with van der Waals surface area (Å²) in [6.45, 7) is 2.59. The predicted molar refractivity (Wildman–Crippen MR) is 90.2 cm³/mol. The Balaban J connectivity index is 2.08. The van der Waals surface area contributed by atoms with Crippen molar-refractivity contribution in [2.75, 3.05) is 13.2 Å². The Bertz CT molecular complexity index is 757. The van der Waals surface area contributed by atoms with E-state index in [9.17, 15) is 4.79 Å². The number of carbonyl (C=O) groups excluding carboxylic acids is 1. The second kappa shape index (κ2) is 6.97. The Morgan fingerprint density at radius 1 is 1.13 bits per heavy atom. The van der Waals surface area contributed by atoms with Gasteiger partial charge in [-0.15, -0.1) is 0 Å². The quantitative estimate of drug-likeness (QED) is 0.632. The van der Waals surface area contributed by atoms with E-state index in [2.05, 4.69) is 12.1 Å². The average molecular weight is 306 g/mol. The molecule has 3 rings (SSSR count). The SMILES string of the molecule is CCOC(=O)/C=C/C1=C(c2ccccc2)c2ccccc2OC1. The second-order valence-electron chi connectivity index (χ2n) is 5.14. The molecule has 1 aliphatic rings. The number of ether oxygens (including phenoxy) is 2. The molecule has 3 nitrogen and oxygen atoms in total. The monoisotopic (exact) mass is 306 g/mol. The topological polar surface area (TPSA) is 35.5 Å². The molecule has 0 aromatic heterocycles. The van der Waals surface area contributed by atoms with Crippen molar-refractivity contribution in [2.24, 2.45) is 0 Å². The summed E-state index contributed by atoms with van der Waals surface area (Å²) in [5.41, 5.74) is 4.19. The fourth-order valence-electron chi connectivity index (χ4n) is 2.64. The van der Waals surface area contributed by atoms with Crippen LogP contribution in [0.2, 0.25) is 0 Å². The fraction of sp³-hybridized carbons (Fsp3) is 0.150. The fourth-order valence-corrected chi connectivity index (χ4v) is 2.64. The number of hydrogen-bond acceptors (Lipinski definition) is 3. The molecule has 2 aromatic carbocycles. The number of carbonyl (C=O) groups is 1. The number of fused-ring (bicyclic) bond motifs is 1. The van der Waals surface area contributed by atoms with Crippen LogP contribution in [0.5, 0.6) is 5.75 Å². The molecule has 0 amide bonds. The lowest BCUT2D eigenvalue weighted by Crippen LogP contribution is -2.11. The summed E-state index contributed by atoms with van der Waals surface area (Å²) in [6.07, 6.45) is 3.25. The number of esters is 1. The van der Waals surface area contributed by atoms with Crippen LogP contribution >= 0.6 is 0 Å². The van der Waals surface area contributed by atoms with Crippen molar-refractivity contribution in [1.29, 1.82) is 0 Å². The Hall–Kier alpha value is -2.81. The molecule has 1 heterocycles. The summed E-state index contributed by atoms with van der Waals surface area (Å²) in [6, 6.07) is 18.1. The first kappa shape index (κ1) is 15.1. The molecule has 0 atom stereocenters. The normalized spacial score (nSPS) is 13.6.